The van der Waals surface area contributed by atoms with Crippen LogP contribution in [0, 0.1) is 0 Å². The Morgan fingerprint density at radius 1 is 1.24 bits per heavy atom. The first-order valence-corrected chi connectivity index (χ1v) is 6.96. The third-order valence-electron chi connectivity index (χ3n) is 3.74. The van der Waals surface area contributed by atoms with Gasteiger partial charge in [-0.2, -0.15) is 13.2 Å². The van der Waals surface area contributed by atoms with Crippen molar-refractivity contribution in [3.63, 3.8) is 0 Å². The summed E-state index contributed by atoms with van der Waals surface area (Å²) in [6.07, 6.45) is -1.41. The zero-order chi connectivity index (χ0) is 15.2. The van der Waals surface area contributed by atoms with Gasteiger partial charge in [0.15, 0.2) is 0 Å². The highest BCUT2D eigenvalue weighted by molar-refractivity contribution is 5.71. The molecule has 1 aliphatic carbocycles. The van der Waals surface area contributed by atoms with E-state index in [9.17, 15) is 13.2 Å². The molecule has 21 heavy (non-hydrogen) atoms. The molecule has 0 unspecified atom stereocenters. The third kappa shape index (κ3) is 2.50. The fraction of sp³-hybridized carbons (Fsp3) is 0.400. The maximum atomic E-state index is 12.6. The van der Waals surface area contributed by atoms with Gasteiger partial charge in [0.2, 0.25) is 0 Å². The zero-order valence-electron chi connectivity index (χ0n) is 11.6. The van der Waals surface area contributed by atoms with Gasteiger partial charge in [0.05, 0.1) is 5.56 Å². The fourth-order valence-electron chi connectivity index (χ4n) is 2.51. The quantitative estimate of drug-likeness (QED) is 0.928. The lowest BCUT2D eigenvalue weighted by atomic mass is 10.1. The minimum absolute atomic E-state index is 0.399. The van der Waals surface area contributed by atoms with Crippen molar-refractivity contribution in [3.8, 4) is 11.3 Å². The molecular weight excluding hydrogens is 279 g/mol. The molecule has 3 nitrogen and oxygen atoms in total. The summed E-state index contributed by atoms with van der Waals surface area (Å²) in [6, 6.07) is 5.39. The molecule has 0 bridgehead atoms. The smallest absolute Gasteiger partial charge is 0.383 e. The van der Waals surface area contributed by atoms with Crippen molar-refractivity contribution < 1.29 is 13.2 Å². The highest BCUT2D eigenvalue weighted by Crippen LogP contribution is 2.41. The molecule has 2 aromatic rings. The lowest BCUT2D eigenvalue weighted by Crippen LogP contribution is -2.05. The summed E-state index contributed by atoms with van der Waals surface area (Å²) < 4.78 is 39.8. The number of hydrogen-bond acceptors (Lipinski definition) is 2. The van der Waals surface area contributed by atoms with E-state index in [1.807, 2.05) is 11.5 Å². The maximum absolute atomic E-state index is 12.6. The number of hydrogen-bond donors (Lipinski definition) is 1. The zero-order valence-corrected chi connectivity index (χ0v) is 11.6. The van der Waals surface area contributed by atoms with E-state index in [1.165, 1.54) is 12.1 Å². The van der Waals surface area contributed by atoms with Crippen LogP contribution in [-0.4, -0.2) is 9.55 Å². The van der Waals surface area contributed by atoms with Crippen LogP contribution in [0.5, 0.6) is 0 Å². The topological polar surface area (TPSA) is 43.8 Å². The Morgan fingerprint density at radius 3 is 2.33 bits per heavy atom. The van der Waals surface area contributed by atoms with Gasteiger partial charge in [-0.1, -0.05) is 19.1 Å². The van der Waals surface area contributed by atoms with Crippen LogP contribution in [0.15, 0.2) is 24.3 Å². The van der Waals surface area contributed by atoms with E-state index in [-0.39, 0.29) is 0 Å². The highest BCUT2D eigenvalue weighted by Gasteiger charge is 2.31. The number of rotatable bonds is 3. The van der Waals surface area contributed by atoms with Crippen LogP contribution in [0.25, 0.3) is 11.3 Å². The van der Waals surface area contributed by atoms with Crippen molar-refractivity contribution >= 4 is 5.82 Å². The van der Waals surface area contributed by atoms with Crippen molar-refractivity contribution in [1.82, 2.24) is 9.55 Å². The molecule has 0 amide bonds. The molecule has 0 saturated heterocycles. The second-order valence-corrected chi connectivity index (χ2v) is 5.29. The lowest BCUT2D eigenvalue weighted by Gasteiger charge is -2.08. The second-order valence-electron chi connectivity index (χ2n) is 5.29. The van der Waals surface area contributed by atoms with Crippen LogP contribution in [-0.2, 0) is 12.6 Å². The Labute approximate surface area is 120 Å². The molecule has 1 aromatic carbocycles. The molecule has 112 valence electrons. The van der Waals surface area contributed by atoms with Crippen LogP contribution in [0.1, 0.15) is 37.2 Å². The normalized spacial score (nSPS) is 15.4. The van der Waals surface area contributed by atoms with Crippen LogP contribution >= 0.6 is 0 Å². The van der Waals surface area contributed by atoms with Gasteiger partial charge in [-0.15, -0.1) is 0 Å². The number of nitrogens with zero attached hydrogens (tertiary/aromatic N) is 2. The second kappa shape index (κ2) is 4.79. The van der Waals surface area contributed by atoms with Crippen molar-refractivity contribution in [2.45, 2.75) is 38.4 Å². The summed E-state index contributed by atoms with van der Waals surface area (Å²) in [5.41, 5.74) is 6.69. The Kier molecular flexibility index (Phi) is 3.19. The molecule has 0 aliphatic heterocycles. The predicted octanol–water partition coefficient (Wildman–Crippen LogP) is 4.05. The van der Waals surface area contributed by atoms with E-state index in [1.54, 1.807) is 0 Å². The molecule has 1 heterocycles. The van der Waals surface area contributed by atoms with Crippen molar-refractivity contribution in [3.05, 3.63) is 35.7 Å². The summed E-state index contributed by atoms with van der Waals surface area (Å²) in [7, 11) is 0. The number of alkyl halides is 3. The summed E-state index contributed by atoms with van der Waals surface area (Å²) in [4.78, 5) is 4.51. The summed E-state index contributed by atoms with van der Waals surface area (Å²) in [5.74, 6) is 1.44. The minimum Gasteiger partial charge on any atom is -0.383 e. The predicted molar refractivity (Wildman–Crippen MR) is 74.7 cm³/mol. The van der Waals surface area contributed by atoms with Crippen molar-refractivity contribution in [1.29, 1.82) is 0 Å². The molecule has 2 N–H and O–H groups in total. The van der Waals surface area contributed by atoms with Gasteiger partial charge in [0.1, 0.15) is 17.3 Å². The molecule has 6 heteroatoms. The molecule has 0 atom stereocenters. The number of nitrogen functional groups attached to an aromatic ring is 1. The van der Waals surface area contributed by atoms with Gasteiger partial charge in [-0.25, -0.2) is 4.98 Å². The third-order valence-corrected chi connectivity index (χ3v) is 3.74. The minimum atomic E-state index is -4.33. The molecule has 0 spiro atoms. The van der Waals surface area contributed by atoms with E-state index in [2.05, 4.69) is 4.98 Å². The number of anilines is 1. The number of aromatic nitrogens is 2. The molecule has 1 aromatic heterocycles. The van der Waals surface area contributed by atoms with E-state index < -0.39 is 11.7 Å². The van der Waals surface area contributed by atoms with Crippen LogP contribution < -0.4 is 5.73 Å². The maximum Gasteiger partial charge on any atom is 0.416 e. The van der Waals surface area contributed by atoms with Gasteiger partial charge in [-0.3, -0.25) is 0 Å². The Bertz CT molecular complexity index is 652. The van der Waals surface area contributed by atoms with Gasteiger partial charge in [0.25, 0.3) is 0 Å². The first-order valence-electron chi connectivity index (χ1n) is 6.96. The molecular formula is C15H16F3N3. The van der Waals surface area contributed by atoms with Gasteiger partial charge < -0.3 is 10.3 Å². The molecule has 0 radical (unpaired) electrons. The standard InChI is InChI=1S/C15H16F3N3/c1-2-12-20-13(14(19)21(12)11-7-8-11)9-3-5-10(6-4-9)15(16,17)18/h3-6,11H,2,7-8,19H2,1H3. The average Bonchev–Trinajstić information content (AvgIpc) is 3.22. The number of halogens is 3. The molecule has 1 saturated carbocycles. The van der Waals surface area contributed by atoms with Crippen LogP contribution in [0.4, 0.5) is 19.0 Å². The number of benzene rings is 1. The summed E-state index contributed by atoms with van der Waals surface area (Å²) in [5, 5.41) is 0. The van der Waals surface area contributed by atoms with Crippen LogP contribution in [0.3, 0.4) is 0 Å². The van der Waals surface area contributed by atoms with Gasteiger partial charge in [-0.05, 0) is 25.0 Å². The first kappa shape index (κ1) is 14.0. The number of nitrogens with two attached hydrogens (primary N) is 1. The van der Waals surface area contributed by atoms with E-state index in [0.717, 1.165) is 37.2 Å². The van der Waals surface area contributed by atoms with Gasteiger partial charge in [0, 0.05) is 18.0 Å². The summed E-state index contributed by atoms with van der Waals surface area (Å²) >= 11 is 0. The largest absolute Gasteiger partial charge is 0.416 e. The SMILES string of the molecule is CCc1nc(-c2ccc(C(F)(F)F)cc2)c(N)n1C1CC1. The van der Waals surface area contributed by atoms with Crippen molar-refractivity contribution in [2.75, 3.05) is 5.73 Å². The molecule has 1 aliphatic rings. The molecule has 3 rings (SSSR count). The van der Waals surface area contributed by atoms with Crippen LogP contribution in [0.2, 0.25) is 0 Å². The Hall–Kier alpha value is -1.98. The first-order chi connectivity index (χ1) is 9.91. The Balaban J connectivity index is 2.00. The molecule has 1 fully saturated rings. The van der Waals surface area contributed by atoms with E-state index in [0.29, 0.717) is 23.1 Å². The van der Waals surface area contributed by atoms with Gasteiger partial charge >= 0.3 is 6.18 Å². The number of imidazole rings is 1. The van der Waals surface area contributed by atoms with E-state index in [4.69, 9.17) is 5.73 Å². The average molecular weight is 295 g/mol. The number of aryl methyl sites for hydroxylation is 1. The monoisotopic (exact) mass is 295 g/mol. The lowest BCUT2D eigenvalue weighted by molar-refractivity contribution is -0.137. The Morgan fingerprint density at radius 2 is 1.86 bits per heavy atom. The summed E-state index contributed by atoms with van der Waals surface area (Å²) in [6.45, 7) is 2.00. The fourth-order valence-corrected chi connectivity index (χ4v) is 2.51. The highest BCUT2D eigenvalue weighted by atomic mass is 19.4. The van der Waals surface area contributed by atoms with Crippen molar-refractivity contribution in [2.24, 2.45) is 0 Å². The van der Waals surface area contributed by atoms with E-state index >= 15 is 0 Å².